The van der Waals surface area contributed by atoms with Gasteiger partial charge in [0, 0.05) is 98.8 Å². The van der Waals surface area contributed by atoms with Gasteiger partial charge in [0.25, 0.3) is 0 Å². The summed E-state index contributed by atoms with van der Waals surface area (Å²) in [5.41, 5.74) is 31.2. The van der Waals surface area contributed by atoms with Crippen molar-refractivity contribution in [3.63, 3.8) is 0 Å². The minimum Gasteiger partial charge on any atom is -0.309 e. The molecule has 0 saturated carbocycles. The predicted molar refractivity (Wildman–Crippen MR) is 481 cm³/mol. The number of hydrogen-bond acceptors (Lipinski definition) is 0. The molecule has 0 aliphatic heterocycles. The Balaban J connectivity index is 0.000000135. The van der Waals surface area contributed by atoms with Crippen molar-refractivity contribution in [1.82, 2.24) is 27.4 Å². The summed E-state index contributed by atoms with van der Waals surface area (Å²) in [5.74, 6) is 0. The first kappa shape index (κ1) is 64.7. The fraction of sp³-hybridized carbons (Fsp3) is 0. The molecule has 24 rings (SSSR count). The van der Waals surface area contributed by atoms with Gasteiger partial charge in [-0.15, -0.1) is 0 Å². The van der Waals surface area contributed by atoms with Gasteiger partial charge in [0.2, 0.25) is 0 Å². The van der Waals surface area contributed by atoms with Crippen molar-refractivity contribution < 1.29 is 0 Å². The third-order valence-corrected chi connectivity index (χ3v) is 23.7. The van der Waals surface area contributed by atoms with Crippen LogP contribution >= 0.6 is 0 Å². The number of fused-ring (bicyclic) bond motifs is 18. The van der Waals surface area contributed by atoms with Crippen LogP contribution < -0.4 is 0 Å². The molecule has 0 spiro atoms. The van der Waals surface area contributed by atoms with E-state index in [1.807, 2.05) is 0 Å². The molecule has 0 amide bonds. The Kier molecular flexibility index (Phi) is 14.9. The standard InChI is InChI=1S/2C54H35N3/c1-3-13-40(14-4-1)55-50-21-11-8-18-44(50)47-33-37(26-31-52(47)55)38-27-32-53-48(34-38)45-19-9-12-22-51(45)56(53)42-28-23-36(24-29-42)39-25-30-46-43-17-7-10-20-49(43)57(54(46)35-39)41-15-5-2-6-16-41;1-3-13-40(14-4-1)55-49-20-10-7-17-43(49)46-33-37(25-30-52(46)55)36-23-28-42(29-24-36)57-51-22-12-9-19-45(51)48-35-39(27-32-54(48)57)38-26-31-53-47(34-38)44-18-8-11-21-50(44)56(53)41-15-5-2-6-16-41/h2*1-35H. The Morgan fingerprint density at radius 2 is 0.263 bits per heavy atom. The molecular weight excluding hydrogens is 1380 g/mol. The van der Waals surface area contributed by atoms with E-state index in [-0.39, 0.29) is 0 Å². The normalized spacial score (nSPS) is 11.9. The second-order valence-electron chi connectivity index (χ2n) is 29.9. The highest BCUT2D eigenvalue weighted by Crippen LogP contribution is 2.44. The molecule has 0 unspecified atom stereocenters. The molecule has 6 nitrogen and oxygen atoms in total. The first-order valence-corrected chi connectivity index (χ1v) is 39.2. The average molecular weight is 1450 g/mol. The first-order valence-electron chi connectivity index (χ1n) is 39.2. The van der Waals surface area contributed by atoms with Gasteiger partial charge >= 0.3 is 0 Å². The van der Waals surface area contributed by atoms with Crippen LogP contribution in [0.25, 0.3) is 209 Å². The molecule has 0 bridgehead atoms. The van der Waals surface area contributed by atoms with Crippen LogP contribution in [0.3, 0.4) is 0 Å². The van der Waals surface area contributed by atoms with Gasteiger partial charge in [0.1, 0.15) is 0 Å². The van der Waals surface area contributed by atoms with Gasteiger partial charge in [-0.2, -0.15) is 0 Å². The molecule has 0 atom stereocenters. The molecular formula is C108H70N6. The van der Waals surface area contributed by atoms with Gasteiger partial charge in [-0.1, -0.05) is 249 Å². The monoisotopic (exact) mass is 1450 g/mol. The largest absolute Gasteiger partial charge is 0.309 e. The molecule has 532 valence electrons. The minimum atomic E-state index is 1.15. The maximum atomic E-state index is 2.41. The van der Waals surface area contributed by atoms with Gasteiger partial charge in [-0.3, -0.25) is 0 Å². The highest BCUT2D eigenvalue weighted by molar-refractivity contribution is 6.17. The fourth-order valence-electron chi connectivity index (χ4n) is 18.5. The first-order chi connectivity index (χ1) is 56.6. The molecule has 6 heterocycles. The third-order valence-electron chi connectivity index (χ3n) is 23.7. The highest BCUT2D eigenvalue weighted by Gasteiger charge is 2.22. The van der Waals surface area contributed by atoms with E-state index in [4.69, 9.17) is 0 Å². The van der Waals surface area contributed by atoms with Gasteiger partial charge in [0.15, 0.2) is 0 Å². The Morgan fingerprint density at radius 1 is 0.0965 bits per heavy atom. The zero-order chi connectivity index (χ0) is 74.9. The molecule has 18 aromatic carbocycles. The van der Waals surface area contributed by atoms with Gasteiger partial charge in [0.05, 0.1) is 66.2 Å². The molecule has 0 aliphatic rings. The Bertz CT molecular complexity index is 7920. The molecule has 114 heavy (non-hydrogen) atoms. The summed E-state index contributed by atoms with van der Waals surface area (Å²) in [6.07, 6.45) is 0. The quantitative estimate of drug-likeness (QED) is 0.131. The second kappa shape index (κ2) is 26.2. The summed E-state index contributed by atoms with van der Waals surface area (Å²) in [6, 6.07) is 155. The number of rotatable bonds is 10. The van der Waals surface area contributed by atoms with E-state index in [0.29, 0.717) is 0 Å². The number of nitrogens with zero attached hydrogens (tertiary/aromatic N) is 6. The maximum Gasteiger partial charge on any atom is 0.0547 e. The van der Waals surface area contributed by atoms with Crippen LogP contribution in [0.15, 0.2) is 425 Å². The van der Waals surface area contributed by atoms with E-state index in [1.165, 1.54) is 198 Å². The van der Waals surface area contributed by atoms with Crippen molar-refractivity contribution in [3.8, 4) is 78.6 Å². The summed E-state index contributed by atoms with van der Waals surface area (Å²) in [6.45, 7) is 0. The molecule has 0 fully saturated rings. The van der Waals surface area contributed by atoms with Crippen molar-refractivity contribution in [1.29, 1.82) is 0 Å². The summed E-state index contributed by atoms with van der Waals surface area (Å²) < 4.78 is 14.3. The average Bonchev–Trinajstić information content (AvgIpc) is 1.56. The summed E-state index contributed by atoms with van der Waals surface area (Å²) in [7, 11) is 0. The smallest absolute Gasteiger partial charge is 0.0547 e. The number of hydrogen-bond donors (Lipinski definition) is 0. The molecule has 6 heteroatoms. The highest BCUT2D eigenvalue weighted by atomic mass is 15.0. The van der Waals surface area contributed by atoms with Gasteiger partial charge < -0.3 is 27.4 Å². The molecule has 0 aliphatic carbocycles. The Hall–Kier alpha value is -15.2. The zero-order valence-corrected chi connectivity index (χ0v) is 62.1. The van der Waals surface area contributed by atoms with Crippen LogP contribution in [0.1, 0.15) is 0 Å². The second-order valence-corrected chi connectivity index (χ2v) is 29.9. The maximum absolute atomic E-state index is 2.41. The molecule has 6 aromatic heterocycles. The van der Waals surface area contributed by atoms with Gasteiger partial charge in [-0.25, -0.2) is 0 Å². The summed E-state index contributed by atoms with van der Waals surface area (Å²) in [5, 5.41) is 15.1. The number of para-hydroxylation sites is 10. The molecule has 0 N–H and O–H groups in total. The van der Waals surface area contributed by atoms with Crippen molar-refractivity contribution in [2.45, 2.75) is 0 Å². The molecule has 24 aromatic rings. The molecule has 0 saturated heterocycles. The predicted octanol–water partition coefficient (Wildman–Crippen LogP) is 28.6. The fourth-order valence-corrected chi connectivity index (χ4v) is 18.5. The third kappa shape index (κ3) is 10.4. The van der Waals surface area contributed by atoms with Gasteiger partial charge in [-0.05, 0) is 220 Å². The number of benzene rings is 18. The van der Waals surface area contributed by atoms with Crippen molar-refractivity contribution in [2.24, 2.45) is 0 Å². The van der Waals surface area contributed by atoms with E-state index in [0.717, 1.165) is 11.4 Å². The van der Waals surface area contributed by atoms with E-state index >= 15 is 0 Å². The zero-order valence-electron chi connectivity index (χ0n) is 62.1. The lowest BCUT2D eigenvalue weighted by atomic mass is 10.0. The van der Waals surface area contributed by atoms with E-state index in [9.17, 15) is 0 Å². The lowest BCUT2D eigenvalue weighted by Crippen LogP contribution is -1.94. The summed E-state index contributed by atoms with van der Waals surface area (Å²) >= 11 is 0. The topological polar surface area (TPSA) is 29.6 Å². The SMILES string of the molecule is c1ccc(-n2c3ccccc3c3cc(-c4ccc(-n5c6ccccc6c6cc(-c7ccc8c(c7)c7ccccc7n8-c7ccccc7)ccc65)cc4)ccc32)cc1.c1ccc(-n2c3ccccc3c3cc(-c4ccc5c(c4)c4ccccc4n5-c4ccc(-c5ccc6c7ccccc7n(-c7ccccc7)c6c5)cc4)ccc32)cc1. The van der Waals surface area contributed by atoms with E-state index in [2.05, 4.69) is 452 Å². The van der Waals surface area contributed by atoms with Crippen LogP contribution in [0.4, 0.5) is 0 Å². The van der Waals surface area contributed by atoms with Crippen LogP contribution in [0, 0.1) is 0 Å². The Labute approximate surface area is 657 Å². The van der Waals surface area contributed by atoms with Crippen molar-refractivity contribution in [3.05, 3.63) is 425 Å². The van der Waals surface area contributed by atoms with Crippen molar-refractivity contribution >= 4 is 131 Å². The number of aromatic nitrogens is 6. The van der Waals surface area contributed by atoms with Crippen LogP contribution in [0.5, 0.6) is 0 Å². The van der Waals surface area contributed by atoms with Crippen LogP contribution in [-0.4, -0.2) is 27.4 Å². The van der Waals surface area contributed by atoms with E-state index in [1.54, 1.807) is 0 Å². The lowest BCUT2D eigenvalue weighted by Gasteiger charge is -2.11. The Morgan fingerprint density at radius 3 is 0.526 bits per heavy atom. The molecule has 0 radical (unpaired) electrons. The summed E-state index contributed by atoms with van der Waals surface area (Å²) in [4.78, 5) is 0. The van der Waals surface area contributed by atoms with Crippen molar-refractivity contribution in [2.75, 3.05) is 0 Å². The minimum absolute atomic E-state index is 1.15. The lowest BCUT2D eigenvalue weighted by molar-refractivity contribution is 1.18. The van der Waals surface area contributed by atoms with E-state index < -0.39 is 0 Å². The van der Waals surface area contributed by atoms with Crippen LogP contribution in [-0.2, 0) is 0 Å². The van der Waals surface area contributed by atoms with Crippen LogP contribution in [0.2, 0.25) is 0 Å².